The third kappa shape index (κ3) is 3.41. The molecule has 0 amide bonds. The minimum Gasteiger partial charge on any atom is -0.399 e. The number of likely N-dealkylation sites (N-methyl/N-ethyl adjacent to an activating group) is 1. The van der Waals surface area contributed by atoms with E-state index in [2.05, 4.69) is 13.2 Å². The van der Waals surface area contributed by atoms with Gasteiger partial charge in [0.05, 0.1) is 23.2 Å². The molecule has 0 atom stereocenters. The summed E-state index contributed by atoms with van der Waals surface area (Å²) in [7, 11) is -2.64. The molecule has 5 nitrogen and oxygen atoms in total. The Kier molecular flexibility index (Phi) is 4.82. The predicted octanol–water partition coefficient (Wildman–Crippen LogP) is 2.14. The van der Waals surface area contributed by atoms with Crippen LogP contribution in [-0.4, -0.2) is 44.3 Å². The molecule has 118 valence electrons. The van der Waals surface area contributed by atoms with Crippen molar-refractivity contribution in [3.05, 3.63) is 36.5 Å². The lowest BCUT2D eigenvalue weighted by atomic mass is 9.76. The third-order valence-corrected chi connectivity index (χ3v) is 5.24. The van der Waals surface area contributed by atoms with Crippen molar-refractivity contribution in [2.24, 2.45) is 0 Å². The van der Waals surface area contributed by atoms with Gasteiger partial charge in [0.25, 0.3) is 0 Å². The zero-order valence-electron chi connectivity index (χ0n) is 13.6. The standard InChI is InChI=1S/C14H24BNO4S/c1-9-11(12(10-2)16(7)21(8,17)18)15-19-13(3,4)14(5,6)20-15/h9-10H,1-2H2,3-8H3. The normalized spacial score (nSPS) is 21.7. The molecule has 0 N–H and O–H groups in total. The summed E-state index contributed by atoms with van der Waals surface area (Å²) in [5, 5.41) is 0. The lowest BCUT2D eigenvalue weighted by molar-refractivity contribution is 0.00578. The van der Waals surface area contributed by atoms with E-state index in [0.717, 1.165) is 10.6 Å². The first-order chi connectivity index (χ1) is 9.37. The largest absolute Gasteiger partial charge is 0.496 e. The van der Waals surface area contributed by atoms with Crippen LogP contribution in [0.5, 0.6) is 0 Å². The number of rotatable bonds is 5. The zero-order chi connectivity index (χ0) is 16.6. The summed E-state index contributed by atoms with van der Waals surface area (Å²) in [6, 6.07) is 0. The van der Waals surface area contributed by atoms with Crippen LogP contribution in [0, 0.1) is 0 Å². The minimum absolute atomic E-state index is 0.394. The van der Waals surface area contributed by atoms with Crippen molar-refractivity contribution in [3.8, 4) is 0 Å². The van der Waals surface area contributed by atoms with Gasteiger partial charge in [-0.2, -0.15) is 0 Å². The second-order valence-electron chi connectivity index (χ2n) is 6.07. The maximum atomic E-state index is 11.7. The first kappa shape index (κ1) is 18.0. The lowest BCUT2D eigenvalue weighted by Gasteiger charge is -2.32. The number of hydrogen-bond acceptors (Lipinski definition) is 4. The van der Waals surface area contributed by atoms with Gasteiger partial charge in [0, 0.05) is 12.5 Å². The van der Waals surface area contributed by atoms with Crippen molar-refractivity contribution in [3.63, 3.8) is 0 Å². The summed E-state index contributed by atoms with van der Waals surface area (Å²) < 4.78 is 36.5. The summed E-state index contributed by atoms with van der Waals surface area (Å²) in [5.41, 5.74) is -0.0911. The minimum atomic E-state index is -3.41. The highest BCUT2D eigenvalue weighted by molar-refractivity contribution is 7.88. The lowest BCUT2D eigenvalue weighted by Crippen LogP contribution is -2.41. The van der Waals surface area contributed by atoms with Crippen LogP contribution in [-0.2, 0) is 19.3 Å². The molecule has 0 aromatic carbocycles. The Labute approximate surface area is 128 Å². The van der Waals surface area contributed by atoms with Crippen LogP contribution in [0.1, 0.15) is 27.7 Å². The maximum Gasteiger partial charge on any atom is 0.496 e. The van der Waals surface area contributed by atoms with Crippen LogP contribution in [0.25, 0.3) is 0 Å². The van der Waals surface area contributed by atoms with Crippen molar-refractivity contribution >= 4 is 17.1 Å². The molecule has 0 saturated carbocycles. The van der Waals surface area contributed by atoms with E-state index < -0.39 is 28.3 Å². The van der Waals surface area contributed by atoms with Crippen LogP contribution in [0.2, 0.25) is 0 Å². The van der Waals surface area contributed by atoms with Gasteiger partial charge in [-0.15, -0.1) is 0 Å². The maximum absolute atomic E-state index is 11.7. The fraction of sp³-hybridized carbons (Fsp3) is 0.571. The molecule has 0 unspecified atom stereocenters. The number of nitrogens with zero attached hydrogens (tertiary/aromatic N) is 1. The van der Waals surface area contributed by atoms with Crippen molar-refractivity contribution in [2.75, 3.05) is 13.3 Å². The molecular formula is C14H24BNO4S. The van der Waals surface area contributed by atoms with E-state index in [1.807, 2.05) is 27.7 Å². The van der Waals surface area contributed by atoms with E-state index in [-0.39, 0.29) is 0 Å². The Morgan fingerprint density at radius 3 is 1.81 bits per heavy atom. The Morgan fingerprint density at radius 2 is 1.52 bits per heavy atom. The SMILES string of the molecule is C=CC(B1OC(C)(C)C(C)(C)O1)=C(C=C)N(C)S(C)(=O)=O. The molecule has 7 heteroatoms. The zero-order valence-corrected chi connectivity index (χ0v) is 14.5. The van der Waals surface area contributed by atoms with E-state index in [0.29, 0.717) is 11.2 Å². The summed E-state index contributed by atoms with van der Waals surface area (Å²) in [6.07, 6.45) is 4.13. The molecule has 1 saturated heterocycles. The van der Waals surface area contributed by atoms with E-state index >= 15 is 0 Å². The van der Waals surface area contributed by atoms with Gasteiger partial charge in [-0.25, -0.2) is 8.42 Å². The first-order valence-corrected chi connectivity index (χ1v) is 8.51. The Balaban J connectivity index is 3.33. The number of sulfonamides is 1. The van der Waals surface area contributed by atoms with Crippen LogP contribution in [0.3, 0.4) is 0 Å². The average molecular weight is 313 g/mol. The van der Waals surface area contributed by atoms with Gasteiger partial charge in [-0.3, -0.25) is 4.31 Å². The molecule has 1 aliphatic heterocycles. The molecule has 0 spiro atoms. The predicted molar refractivity (Wildman–Crippen MR) is 86.1 cm³/mol. The van der Waals surface area contributed by atoms with Gasteiger partial charge in [-0.05, 0) is 33.8 Å². The average Bonchev–Trinajstić information content (AvgIpc) is 2.52. The van der Waals surface area contributed by atoms with E-state index in [1.54, 1.807) is 6.08 Å². The number of allylic oxidation sites excluding steroid dienone is 3. The Bertz CT molecular complexity index is 562. The molecule has 1 aliphatic rings. The van der Waals surface area contributed by atoms with Crippen molar-refractivity contribution in [1.29, 1.82) is 0 Å². The summed E-state index contributed by atoms with van der Waals surface area (Å²) >= 11 is 0. The molecule has 0 aromatic rings. The monoisotopic (exact) mass is 313 g/mol. The van der Waals surface area contributed by atoms with Crippen molar-refractivity contribution in [2.45, 2.75) is 38.9 Å². The van der Waals surface area contributed by atoms with Crippen molar-refractivity contribution < 1.29 is 17.7 Å². The summed E-state index contributed by atoms with van der Waals surface area (Å²) in [5.74, 6) is 0. The highest BCUT2D eigenvalue weighted by Crippen LogP contribution is 2.39. The van der Waals surface area contributed by atoms with E-state index in [1.165, 1.54) is 13.1 Å². The van der Waals surface area contributed by atoms with Gasteiger partial charge in [-0.1, -0.05) is 19.2 Å². The molecule has 0 bridgehead atoms. The molecule has 0 radical (unpaired) electrons. The van der Waals surface area contributed by atoms with Crippen LogP contribution in [0.4, 0.5) is 0 Å². The van der Waals surface area contributed by atoms with Crippen LogP contribution in [0.15, 0.2) is 36.5 Å². The van der Waals surface area contributed by atoms with Gasteiger partial charge < -0.3 is 9.31 Å². The molecular weight excluding hydrogens is 289 g/mol. The third-order valence-electron chi connectivity index (χ3n) is 4.05. The Morgan fingerprint density at radius 1 is 1.10 bits per heavy atom. The van der Waals surface area contributed by atoms with E-state index in [4.69, 9.17) is 9.31 Å². The molecule has 1 heterocycles. The van der Waals surface area contributed by atoms with E-state index in [9.17, 15) is 8.42 Å². The van der Waals surface area contributed by atoms with Gasteiger partial charge in [0.15, 0.2) is 0 Å². The topological polar surface area (TPSA) is 55.8 Å². The van der Waals surface area contributed by atoms with Crippen LogP contribution >= 0.6 is 0 Å². The fourth-order valence-corrected chi connectivity index (χ4v) is 2.44. The van der Waals surface area contributed by atoms with Crippen LogP contribution < -0.4 is 0 Å². The molecule has 0 aliphatic carbocycles. The van der Waals surface area contributed by atoms with Gasteiger partial charge in [0.2, 0.25) is 10.0 Å². The fourth-order valence-electron chi connectivity index (χ4n) is 1.90. The highest BCUT2D eigenvalue weighted by Gasteiger charge is 2.52. The smallest absolute Gasteiger partial charge is 0.399 e. The summed E-state index contributed by atoms with van der Waals surface area (Å²) in [6.45, 7) is 15.2. The first-order valence-electron chi connectivity index (χ1n) is 6.66. The molecule has 1 fully saturated rings. The molecule has 1 rings (SSSR count). The summed E-state index contributed by atoms with van der Waals surface area (Å²) in [4.78, 5) is 0. The Hall–Kier alpha value is -1.05. The molecule has 21 heavy (non-hydrogen) atoms. The quantitative estimate of drug-likeness (QED) is 0.576. The number of hydrogen-bond donors (Lipinski definition) is 0. The highest BCUT2D eigenvalue weighted by atomic mass is 32.2. The second kappa shape index (κ2) is 5.63. The second-order valence-corrected chi connectivity index (χ2v) is 8.08. The molecule has 0 aromatic heterocycles. The van der Waals surface area contributed by atoms with Gasteiger partial charge in [0.1, 0.15) is 0 Å². The van der Waals surface area contributed by atoms with Crippen molar-refractivity contribution in [1.82, 2.24) is 4.31 Å². The van der Waals surface area contributed by atoms with Gasteiger partial charge >= 0.3 is 7.12 Å².